The van der Waals surface area contributed by atoms with Crippen LogP contribution in [0.5, 0.6) is 0 Å². The molecule has 0 aliphatic heterocycles. The Kier molecular flexibility index (Phi) is 4.23. The van der Waals surface area contributed by atoms with Crippen LogP contribution in [0, 0.1) is 0 Å². The van der Waals surface area contributed by atoms with Gasteiger partial charge in [0, 0.05) is 0 Å². The van der Waals surface area contributed by atoms with E-state index in [9.17, 15) is 9.18 Å². The van der Waals surface area contributed by atoms with Gasteiger partial charge < -0.3 is 5.11 Å². The van der Waals surface area contributed by atoms with E-state index in [1.165, 1.54) is 12.5 Å². The number of carboxylic acid groups (broad SMARTS) is 1. The Morgan fingerprint density at radius 2 is 1.88 bits per heavy atom. The molecule has 1 aromatic carbocycles. The fourth-order valence-corrected chi connectivity index (χ4v) is 1.50. The van der Waals surface area contributed by atoms with Crippen molar-refractivity contribution in [2.75, 3.05) is 0 Å². The summed E-state index contributed by atoms with van der Waals surface area (Å²) >= 11 is 0. The fraction of sp³-hybridized carbons (Fsp3) is 0.308. The van der Waals surface area contributed by atoms with Gasteiger partial charge in [-0.2, -0.15) is 4.39 Å². The van der Waals surface area contributed by atoms with E-state index in [4.69, 9.17) is 5.11 Å². The summed E-state index contributed by atoms with van der Waals surface area (Å²) in [6.07, 6.45) is 2.03. The van der Waals surface area contributed by atoms with Gasteiger partial charge in [0.15, 0.2) is 0 Å². The van der Waals surface area contributed by atoms with Gasteiger partial charge in [-0.05, 0) is 30.0 Å². The predicted molar refractivity (Wildman–Crippen MR) is 61.8 cm³/mol. The number of carbonyl (C=O) groups is 1. The highest BCUT2D eigenvalue weighted by atomic mass is 19.1. The third-order valence-corrected chi connectivity index (χ3v) is 2.44. The van der Waals surface area contributed by atoms with Gasteiger partial charge in [-0.3, -0.25) is 0 Å². The number of rotatable bonds is 4. The number of hydrogen-bond acceptors (Lipinski definition) is 1. The zero-order valence-corrected chi connectivity index (χ0v) is 9.46. The lowest BCUT2D eigenvalue weighted by atomic mass is 10.0. The third-order valence-electron chi connectivity index (χ3n) is 2.44. The maximum atomic E-state index is 13.1. The van der Waals surface area contributed by atoms with E-state index in [1.807, 2.05) is 12.1 Å². The second-order valence-electron chi connectivity index (χ2n) is 3.69. The number of halogens is 1. The molecule has 0 bridgehead atoms. The van der Waals surface area contributed by atoms with Gasteiger partial charge in [0.2, 0.25) is 5.83 Å². The van der Waals surface area contributed by atoms with E-state index in [0.29, 0.717) is 5.56 Å². The van der Waals surface area contributed by atoms with Crippen molar-refractivity contribution in [2.45, 2.75) is 26.7 Å². The molecule has 1 rings (SSSR count). The minimum Gasteiger partial charge on any atom is -0.476 e. The number of aliphatic carboxylic acids is 1. The van der Waals surface area contributed by atoms with Crippen molar-refractivity contribution in [2.24, 2.45) is 0 Å². The molecule has 86 valence electrons. The highest BCUT2D eigenvalue weighted by molar-refractivity contribution is 5.93. The van der Waals surface area contributed by atoms with Gasteiger partial charge in [-0.1, -0.05) is 37.6 Å². The normalized spacial score (nSPS) is 12.2. The monoisotopic (exact) mass is 222 g/mol. The van der Waals surface area contributed by atoms with Crippen LogP contribution >= 0.6 is 0 Å². The van der Waals surface area contributed by atoms with Gasteiger partial charge in [-0.15, -0.1) is 0 Å². The molecule has 0 amide bonds. The molecule has 16 heavy (non-hydrogen) atoms. The summed E-state index contributed by atoms with van der Waals surface area (Å²) in [4.78, 5) is 10.5. The highest BCUT2D eigenvalue weighted by Crippen LogP contribution is 2.20. The van der Waals surface area contributed by atoms with Crippen molar-refractivity contribution in [3.8, 4) is 0 Å². The van der Waals surface area contributed by atoms with Crippen LogP contribution in [0.4, 0.5) is 4.39 Å². The lowest BCUT2D eigenvalue weighted by Gasteiger charge is -2.04. The smallest absolute Gasteiger partial charge is 0.365 e. The first-order valence-corrected chi connectivity index (χ1v) is 5.25. The van der Waals surface area contributed by atoms with Gasteiger partial charge in [0.25, 0.3) is 0 Å². The molecule has 0 aliphatic rings. The molecule has 0 atom stereocenters. The first kappa shape index (κ1) is 12.4. The van der Waals surface area contributed by atoms with E-state index in [-0.39, 0.29) is 5.57 Å². The summed E-state index contributed by atoms with van der Waals surface area (Å²) in [6, 6.07) is 7.31. The second-order valence-corrected chi connectivity index (χ2v) is 3.69. The van der Waals surface area contributed by atoms with Gasteiger partial charge in [0.1, 0.15) is 0 Å². The lowest BCUT2D eigenvalue weighted by Crippen LogP contribution is -1.98. The van der Waals surface area contributed by atoms with Crippen molar-refractivity contribution < 1.29 is 14.3 Å². The maximum absolute atomic E-state index is 13.1. The van der Waals surface area contributed by atoms with Crippen LogP contribution in [-0.4, -0.2) is 11.1 Å². The van der Waals surface area contributed by atoms with Crippen LogP contribution in [0.3, 0.4) is 0 Å². The molecule has 0 heterocycles. The Hall–Kier alpha value is -1.64. The Labute approximate surface area is 94.4 Å². The number of allylic oxidation sites excluding steroid dienone is 1. The summed E-state index contributed by atoms with van der Waals surface area (Å²) in [7, 11) is 0. The summed E-state index contributed by atoms with van der Waals surface area (Å²) in [5, 5.41) is 8.52. The van der Waals surface area contributed by atoms with Crippen LogP contribution in [-0.2, 0) is 11.2 Å². The highest BCUT2D eigenvalue weighted by Gasteiger charge is 2.11. The summed E-state index contributed by atoms with van der Waals surface area (Å²) < 4.78 is 13.1. The molecule has 0 fully saturated rings. The summed E-state index contributed by atoms with van der Waals surface area (Å²) in [5.74, 6) is -2.61. The molecule has 2 nitrogen and oxygen atoms in total. The SMILES string of the molecule is CCCc1ccc(C(C)=C(F)C(=O)O)cc1. The standard InChI is InChI=1S/C13H15FO2/c1-3-4-10-5-7-11(8-6-10)9(2)12(14)13(15)16/h5-8H,3-4H2,1-2H3,(H,15,16). The van der Waals surface area contributed by atoms with Gasteiger partial charge >= 0.3 is 5.97 Å². The Bertz CT molecular complexity index is 404. The van der Waals surface area contributed by atoms with E-state index >= 15 is 0 Å². The molecular weight excluding hydrogens is 207 g/mol. The van der Waals surface area contributed by atoms with Gasteiger partial charge in [-0.25, -0.2) is 4.79 Å². The van der Waals surface area contributed by atoms with Crippen LogP contribution in [0.25, 0.3) is 5.57 Å². The van der Waals surface area contributed by atoms with Crippen molar-refractivity contribution in [1.82, 2.24) is 0 Å². The van der Waals surface area contributed by atoms with Crippen LogP contribution in [0.2, 0.25) is 0 Å². The second kappa shape index (κ2) is 5.45. The van der Waals surface area contributed by atoms with Crippen molar-refractivity contribution in [1.29, 1.82) is 0 Å². The Morgan fingerprint density at radius 3 is 2.31 bits per heavy atom. The van der Waals surface area contributed by atoms with E-state index in [0.717, 1.165) is 12.8 Å². The molecule has 0 unspecified atom stereocenters. The van der Waals surface area contributed by atoms with Crippen molar-refractivity contribution in [3.05, 3.63) is 41.2 Å². The van der Waals surface area contributed by atoms with E-state index < -0.39 is 11.8 Å². The quantitative estimate of drug-likeness (QED) is 0.792. The maximum Gasteiger partial charge on any atom is 0.365 e. The number of aryl methyl sites for hydroxylation is 1. The van der Waals surface area contributed by atoms with Crippen molar-refractivity contribution in [3.63, 3.8) is 0 Å². The molecule has 3 heteroatoms. The summed E-state index contributed by atoms with van der Waals surface area (Å²) in [6.45, 7) is 3.56. The first-order valence-electron chi connectivity index (χ1n) is 5.25. The molecule has 0 spiro atoms. The van der Waals surface area contributed by atoms with Crippen molar-refractivity contribution >= 4 is 11.5 Å². The average molecular weight is 222 g/mol. The topological polar surface area (TPSA) is 37.3 Å². The van der Waals surface area contributed by atoms with E-state index in [2.05, 4.69) is 6.92 Å². The summed E-state index contributed by atoms with van der Waals surface area (Å²) in [5.41, 5.74) is 1.95. The fourth-order valence-electron chi connectivity index (χ4n) is 1.50. The van der Waals surface area contributed by atoms with Crippen LogP contribution in [0.15, 0.2) is 30.1 Å². The number of benzene rings is 1. The zero-order chi connectivity index (χ0) is 12.1. The molecule has 0 radical (unpaired) electrons. The third kappa shape index (κ3) is 2.92. The molecule has 1 aromatic rings. The number of hydrogen-bond donors (Lipinski definition) is 1. The average Bonchev–Trinajstić information content (AvgIpc) is 2.28. The Morgan fingerprint density at radius 1 is 1.31 bits per heavy atom. The molecule has 0 saturated heterocycles. The zero-order valence-electron chi connectivity index (χ0n) is 9.46. The van der Waals surface area contributed by atoms with Gasteiger partial charge in [0.05, 0.1) is 0 Å². The molecule has 0 aromatic heterocycles. The largest absolute Gasteiger partial charge is 0.476 e. The molecule has 1 N–H and O–H groups in total. The first-order chi connectivity index (χ1) is 7.56. The minimum absolute atomic E-state index is 0.163. The van der Waals surface area contributed by atoms with Crippen LogP contribution < -0.4 is 0 Å². The lowest BCUT2D eigenvalue weighted by molar-refractivity contribution is -0.134. The van der Waals surface area contributed by atoms with E-state index in [1.54, 1.807) is 12.1 Å². The number of carboxylic acids is 1. The molecule has 0 saturated carbocycles. The molecular formula is C13H15FO2. The van der Waals surface area contributed by atoms with Crippen LogP contribution in [0.1, 0.15) is 31.4 Å². The molecule has 0 aliphatic carbocycles. The Balaban J connectivity index is 2.98. The predicted octanol–water partition coefficient (Wildman–Crippen LogP) is 3.42. The minimum atomic E-state index is -1.52.